The van der Waals surface area contributed by atoms with Gasteiger partial charge in [-0.15, -0.1) is 4.99 Å². The van der Waals surface area contributed by atoms with Crippen LogP contribution in [0.25, 0.3) is 5.69 Å². The summed E-state index contributed by atoms with van der Waals surface area (Å²) in [4.78, 5) is 29.2. The minimum atomic E-state index is -0.479. The van der Waals surface area contributed by atoms with Crippen LogP contribution in [0.1, 0.15) is 0 Å². The number of hydrogen-bond acceptors (Lipinski definition) is 4. The van der Waals surface area contributed by atoms with Gasteiger partial charge in [0.2, 0.25) is 0 Å². The Labute approximate surface area is 143 Å². The van der Waals surface area contributed by atoms with Gasteiger partial charge in [-0.25, -0.2) is 4.79 Å². The molecule has 0 aliphatic carbocycles. The highest BCUT2D eigenvalue weighted by molar-refractivity contribution is 6.08. The Morgan fingerprint density at radius 1 is 1.20 bits per heavy atom. The molecule has 0 fully saturated rings. The molecule has 0 bridgehead atoms. The number of carbonyl (C=O) groups excluding carboxylic acids is 2. The number of carbonyl (C=O) groups is 2. The zero-order chi connectivity index (χ0) is 17.2. The van der Waals surface area contributed by atoms with E-state index in [1.165, 1.54) is 6.26 Å². The fourth-order valence-electron chi connectivity index (χ4n) is 2.64. The Hall–Kier alpha value is -3.55. The Balaban J connectivity index is 1.47. The highest BCUT2D eigenvalue weighted by Crippen LogP contribution is 2.19. The molecule has 0 atom stereocenters. The summed E-state index contributed by atoms with van der Waals surface area (Å²) in [7, 11) is 0. The van der Waals surface area contributed by atoms with Gasteiger partial charge in [-0.3, -0.25) is 9.69 Å². The number of hydrogen-bond donors (Lipinski definition) is 2. The third-order valence-electron chi connectivity index (χ3n) is 3.87. The highest BCUT2D eigenvalue weighted by Gasteiger charge is 2.31. The Bertz CT molecular complexity index is 868. The fraction of sp³-hybridized carbons (Fsp3) is 0.118. The third kappa shape index (κ3) is 2.97. The van der Waals surface area contributed by atoms with Crippen LogP contribution >= 0.6 is 0 Å². The Kier molecular flexibility index (Phi) is 3.70. The van der Waals surface area contributed by atoms with Crippen molar-refractivity contribution in [3.05, 3.63) is 60.8 Å². The lowest BCUT2D eigenvalue weighted by atomic mass is 10.2. The van der Waals surface area contributed by atoms with Crippen molar-refractivity contribution >= 4 is 23.6 Å². The van der Waals surface area contributed by atoms with Crippen LogP contribution in [0.4, 0.5) is 10.5 Å². The predicted octanol–water partition coefficient (Wildman–Crippen LogP) is 1.67. The molecule has 8 heteroatoms. The molecule has 1 aromatic heterocycles. The van der Waals surface area contributed by atoms with E-state index in [1.807, 2.05) is 53.4 Å². The molecule has 3 amide bonds. The topological polar surface area (TPSA) is 88.0 Å². The maximum absolute atomic E-state index is 12.5. The quantitative estimate of drug-likeness (QED) is 0.892. The van der Waals surface area contributed by atoms with E-state index in [2.05, 4.69) is 15.6 Å². The molecule has 2 aromatic rings. The largest absolute Gasteiger partial charge is 0.431 e. The number of aliphatic imine (C=N–C) groups is 1. The van der Waals surface area contributed by atoms with Gasteiger partial charge in [0.05, 0.1) is 0 Å². The molecule has 0 unspecified atom stereocenters. The van der Waals surface area contributed by atoms with E-state index in [-0.39, 0.29) is 11.9 Å². The highest BCUT2D eigenvalue weighted by atomic mass is 16.5. The average molecular weight is 337 g/mol. The molecule has 0 spiro atoms. The second kappa shape index (κ2) is 6.16. The van der Waals surface area contributed by atoms with Crippen molar-refractivity contribution in [3.63, 3.8) is 0 Å². The maximum atomic E-state index is 12.5. The van der Waals surface area contributed by atoms with Crippen molar-refractivity contribution in [2.75, 3.05) is 18.4 Å². The minimum Gasteiger partial charge on any atom is -0.431 e. The normalized spacial score (nSPS) is 16.2. The van der Waals surface area contributed by atoms with Gasteiger partial charge in [-0.1, -0.05) is 0 Å². The number of nitrogens with one attached hydrogen (secondary N) is 2. The SMILES string of the molecule is O=C1N=C2OC=C(C(=O)Nc3ccc(-n4cccc4)cc3)N2CCN1. The van der Waals surface area contributed by atoms with Crippen LogP contribution in [-0.4, -0.2) is 40.5 Å². The predicted molar refractivity (Wildman–Crippen MR) is 91.1 cm³/mol. The molecule has 2 aliphatic rings. The van der Waals surface area contributed by atoms with E-state index >= 15 is 0 Å². The Morgan fingerprint density at radius 3 is 2.72 bits per heavy atom. The number of aromatic nitrogens is 1. The number of urea groups is 1. The van der Waals surface area contributed by atoms with Crippen LogP contribution in [0.15, 0.2) is 65.7 Å². The van der Waals surface area contributed by atoms with Crippen LogP contribution in [-0.2, 0) is 9.53 Å². The van der Waals surface area contributed by atoms with Crippen molar-refractivity contribution in [2.24, 2.45) is 4.99 Å². The van der Waals surface area contributed by atoms with Crippen LogP contribution in [0.2, 0.25) is 0 Å². The monoisotopic (exact) mass is 337 g/mol. The van der Waals surface area contributed by atoms with E-state index in [9.17, 15) is 9.59 Å². The first kappa shape index (κ1) is 15.0. The average Bonchev–Trinajstić information content (AvgIpc) is 3.23. The van der Waals surface area contributed by atoms with E-state index < -0.39 is 6.03 Å². The number of ether oxygens (including phenoxy) is 1. The van der Waals surface area contributed by atoms with Crippen LogP contribution in [0.5, 0.6) is 0 Å². The number of nitrogens with zero attached hydrogens (tertiary/aromatic N) is 3. The number of amidine groups is 1. The molecule has 4 rings (SSSR count). The molecule has 0 saturated heterocycles. The number of benzene rings is 1. The summed E-state index contributed by atoms with van der Waals surface area (Å²) < 4.78 is 7.21. The fourth-order valence-corrected chi connectivity index (χ4v) is 2.64. The second-order valence-electron chi connectivity index (χ2n) is 5.49. The summed E-state index contributed by atoms with van der Waals surface area (Å²) >= 11 is 0. The van der Waals surface area contributed by atoms with Crippen molar-refractivity contribution < 1.29 is 14.3 Å². The van der Waals surface area contributed by atoms with Crippen molar-refractivity contribution in [1.29, 1.82) is 0 Å². The van der Waals surface area contributed by atoms with E-state index in [4.69, 9.17) is 4.74 Å². The molecular formula is C17H15N5O3. The summed E-state index contributed by atoms with van der Waals surface area (Å²) in [5.41, 5.74) is 1.97. The van der Waals surface area contributed by atoms with E-state index in [0.29, 0.717) is 24.5 Å². The summed E-state index contributed by atoms with van der Waals surface area (Å²) in [6.07, 6.45) is 5.20. The number of fused-ring (bicyclic) bond motifs is 1. The molecule has 25 heavy (non-hydrogen) atoms. The van der Waals surface area contributed by atoms with Crippen molar-refractivity contribution in [1.82, 2.24) is 14.8 Å². The van der Waals surface area contributed by atoms with Crippen LogP contribution in [0.3, 0.4) is 0 Å². The number of amides is 3. The van der Waals surface area contributed by atoms with Gasteiger partial charge in [0.25, 0.3) is 5.91 Å². The molecule has 0 radical (unpaired) electrons. The van der Waals surface area contributed by atoms with Crippen LogP contribution in [0, 0.1) is 0 Å². The van der Waals surface area contributed by atoms with Crippen LogP contribution < -0.4 is 10.6 Å². The van der Waals surface area contributed by atoms with Gasteiger partial charge in [0.15, 0.2) is 0 Å². The zero-order valence-electron chi connectivity index (χ0n) is 13.2. The lowest BCUT2D eigenvalue weighted by Gasteiger charge is -2.17. The second-order valence-corrected chi connectivity index (χ2v) is 5.49. The molecule has 3 heterocycles. The molecule has 126 valence electrons. The van der Waals surface area contributed by atoms with E-state index in [1.54, 1.807) is 4.90 Å². The van der Waals surface area contributed by atoms with Crippen molar-refractivity contribution in [2.45, 2.75) is 0 Å². The molecular weight excluding hydrogens is 322 g/mol. The maximum Gasteiger partial charge on any atom is 0.345 e. The Morgan fingerprint density at radius 2 is 1.96 bits per heavy atom. The minimum absolute atomic E-state index is 0.114. The number of rotatable bonds is 3. The van der Waals surface area contributed by atoms with E-state index in [0.717, 1.165) is 5.69 Å². The zero-order valence-corrected chi connectivity index (χ0v) is 13.2. The smallest absolute Gasteiger partial charge is 0.345 e. The molecule has 2 N–H and O–H groups in total. The van der Waals surface area contributed by atoms with Gasteiger partial charge in [0.1, 0.15) is 12.0 Å². The lowest BCUT2D eigenvalue weighted by Crippen LogP contribution is -2.34. The summed E-state index contributed by atoms with van der Waals surface area (Å²) in [6, 6.07) is 11.0. The molecule has 1 aromatic carbocycles. The van der Waals surface area contributed by atoms with Crippen molar-refractivity contribution in [3.8, 4) is 5.69 Å². The summed E-state index contributed by atoms with van der Waals surface area (Å²) in [5, 5.41) is 5.42. The molecule has 8 nitrogen and oxygen atoms in total. The molecule has 0 saturated carbocycles. The van der Waals surface area contributed by atoms with Gasteiger partial charge < -0.3 is 19.9 Å². The standard InChI is InChI=1S/C17H15N5O3/c23-15(14-11-25-17-20-16(24)18-7-10-22(14)17)19-12-3-5-13(6-4-12)21-8-1-2-9-21/h1-6,8-9,11H,7,10H2,(H,18,24)(H,19,23). The first-order chi connectivity index (χ1) is 12.2. The first-order valence-corrected chi connectivity index (χ1v) is 7.76. The third-order valence-corrected chi connectivity index (χ3v) is 3.87. The van der Waals surface area contributed by atoms with Gasteiger partial charge in [-0.2, -0.15) is 0 Å². The first-order valence-electron chi connectivity index (χ1n) is 7.76. The molecule has 2 aliphatic heterocycles. The van der Waals surface area contributed by atoms with Gasteiger partial charge >= 0.3 is 12.1 Å². The number of anilines is 1. The summed E-state index contributed by atoms with van der Waals surface area (Å²) in [5.74, 6) is -0.326. The van der Waals surface area contributed by atoms with Gasteiger partial charge in [0, 0.05) is 36.9 Å². The van der Waals surface area contributed by atoms with Gasteiger partial charge in [-0.05, 0) is 36.4 Å². The lowest BCUT2D eigenvalue weighted by molar-refractivity contribution is -0.113. The summed E-state index contributed by atoms with van der Waals surface area (Å²) in [6.45, 7) is 0.793.